The highest BCUT2D eigenvalue weighted by Crippen LogP contribution is 2.31. The Morgan fingerprint density at radius 1 is 1.00 bits per heavy atom. The van der Waals surface area contributed by atoms with E-state index < -0.39 is 9.84 Å². The maximum Gasteiger partial charge on any atom is 0.178 e. The molecule has 31 heavy (non-hydrogen) atoms. The Morgan fingerprint density at radius 3 is 2.39 bits per heavy atom. The Labute approximate surface area is 184 Å². The normalized spacial score (nSPS) is 15.5. The van der Waals surface area contributed by atoms with Gasteiger partial charge in [-0.3, -0.25) is 0 Å². The highest BCUT2D eigenvalue weighted by Gasteiger charge is 2.20. The fourth-order valence-electron chi connectivity index (χ4n) is 4.05. The number of piperazine rings is 1. The number of likely N-dealkylation sites (N-methyl/N-ethyl adjacent to an activating group) is 1. The molecule has 4 rings (SSSR count). The Hall–Kier alpha value is -2.48. The van der Waals surface area contributed by atoms with Crippen LogP contribution in [0.5, 0.6) is 0 Å². The summed E-state index contributed by atoms with van der Waals surface area (Å²) in [5.74, 6) is 0.939. The van der Waals surface area contributed by atoms with Crippen LogP contribution in [0.2, 0.25) is 0 Å². The van der Waals surface area contributed by atoms with Gasteiger partial charge >= 0.3 is 0 Å². The molecule has 0 radical (unpaired) electrons. The van der Waals surface area contributed by atoms with Crippen LogP contribution in [0.1, 0.15) is 13.3 Å². The smallest absolute Gasteiger partial charge is 0.178 e. The molecular weight excluding hydrogens is 410 g/mol. The maximum absolute atomic E-state index is 12.4. The molecule has 164 valence electrons. The number of sulfone groups is 1. The van der Waals surface area contributed by atoms with Gasteiger partial charge in [0, 0.05) is 43.7 Å². The number of aliphatic hydroxyl groups is 1. The minimum atomic E-state index is -3.38. The lowest BCUT2D eigenvalue weighted by atomic mass is 10.1. The van der Waals surface area contributed by atoms with E-state index in [4.69, 9.17) is 10.1 Å². The standard InChI is InChI=1S/C24H29N3O3S/c1-2-26-12-14-27(15-13-26)24-22-7-4-3-6-20(22)18-23(25-24)19-8-10-21(11-9-19)31(29,30)17-5-16-28/h3-4,6-11,18,28H,2,5,12-17H2,1H3. The Morgan fingerprint density at radius 2 is 1.71 bits per heavy atom. The molecule has 0 unspecified atom stereocenters. The van der Waals surface area contributed by atoms with Gasteiger partial charge < -0.3 is 14.9 Å². The van der Waals surface area contributed by atoms with Crippen LogP contribution in [0.15, 0.2) is 59.5 Å². The second-order valence-corrected chi connectivity index (χ2v) is 10.0. The summed E-state index contributed by atoms with van der Waals surface area (Å²) in [4.78, 5) is 10.1. The second-order valence-electron chi connectivity index (χ2n) is 7.89. The number of nitrogens with zero attached hydrogens (tertiary/aromatic N) is 3. The number of rotatable bonds is 7. The monoisotopic (exact) mass is 439 g/mol. The fraction of sp³-hybridized carbons (Fsp3) is 0.375. The average molecular weight is 440 g/mol. The lowest BCUT2D eigenvalue weighted by molar-refractivity contribution is 0.271. The van der Waals surface area contributed by atoms with E-state index in [1.165, 1.54) is 0 Å². The van der Waals surface area contributed by atoms with Crippen molar-refractivity contribution in [3.8, 4) is 11.3 Å². The van der Waals surface area contributed by atoms with Crippen LogP contribution in [0.3, 0.4) is 0 Å². The number of hydrogen-bond acceptors (Lipinski definition) is 6. The van der Waals surface area contributed by atoms with E-state index in [2.05, 4.69) is 34.9 Å². The lowest BCUT2D eigenvalue weighted by Gasteiger charge is -2.35. The van der Waals surface area contributed by atoms with Crippen molar-refractivity contribution in [2.75, 3.05) is 50.0 Å². The first-order valence-corrected chi connectivity index (χ1v) is 12.5. The quantitative estimate of drug-likeness (QED) is 0.609. The van der Waals surface area contributed by atoms with Crippen LogP contribution in [0.4, 0.5) is 5.82 Å². The zero-order valence-electron chi connectivity index (χ0n) is 17.9. The Kier molecular flexibility index (Phi) is 6.55. The van der Waals surface area contributed by atoms with E-state index in [0.717, 1.165) is 60.6 Å². The van der Waals surface area contributed by atoms with Crippen LogP contribution in [0.25, 0.3) is 22.0 Å². The van der Waals surface area contributed by atoms with Crippen molar-refractivity contribution in [1.82, 2.24) is 9.88 Å². The van der Waals surface area contributed by atoms with E-state index in [1.807, 2.05) is 24.3 Å². The summed E-state index contributed by atoms with van der Waals surface area (Å²) < 4.78 is 24.8. The van der Waals surface area contributed by atoms with Gasteiger partial charge in [0.2, 0.25) is 0 Å². The van der Waals surface area contributed by atoms with Crippen molar-refractivity contribution in [1.29, 1.82) is 0 Å². The van der Waals surface area contributed by atoms with Gasteiger partial charge in [0.1, 0.15) is 5.82 Å². The first-order chi connectivity index (χ1) is 15.0. The summed E-state index contributed by atoms with van der Waals surface area (Å²) in [6, 6.07) is 17.3. The molecule has 1 saturated heterocycles. The summed E-state index contributed by atoms with van der Waals surface area (Å²) in [7, 11) is -3.38. The summed E-state index contributed by atoms with van der Waals surface area (Å²) in [5, 5.41) is 11.2. The van der Waals surface area contributed by atoms with Gasteiger partial charge in [-0.15, -0.1) is 0 Å². The number of aliphatic hydroxyl groups excluding tert-OH is 1. The van der Waals surface area contributed by atoms with Crippen LogP contribution in [-0.4, -0.2) is 68.5 Å². The molecule has 2 heterocycles. The number of pyridine rings is 1. The summed E-state index contributed by atoms with van der Waals surface area (Å²) in [6.45, 7) is 7.06. The molecule has 0 atom stereocenters. The van der Waals surface area contributed by atoms with Crippen molar-refractivity contribution in [2.24, 2.45) is 0 Å². The van der Waals surface area contributed by atoms with Gasteiger partial charge in [-0.25, -0.2) is 13.4 Å². The number of aromatic nitrogens is 1. The predicted molar refractivity (Wildman–Crippen MR) is 125 cm³/mol. The molecule has 7 heteroatoms. The topological polar surface area (TPSA) is 73.7 Å². The van der Waals surface area contributed by atoms with Gasteiger partial charge in [0.15, 0.2) is 9.84 Å². The molecule has 0 amide bonds. The molecule has 0 bridgehead atoms. The molecule has 2 aromatic carbocycles. The number of anilines is 1. The SMILES string of the molecule is CCN1CCN(c2nc(-c3ccc(S(=O)(=O)CCCO)cc3)cc3ccccc23)CC1. The van der Waals surface area contributed by atoms with E-state index in [9.17, 15) is 8.42 Å². The Bertz CT molecular complexity index is 1140. The van der Waals surface area contributed by atoms with Crippen molar-refractivity contribution in [3.05, 3.63) is 54.6 Å². The third-order valence-electron chi connectivity index (χ3n) is 5.92. The van der Waals surface area contributed by atoms with Crippen LogP contribution in [0, 0.1) is 0 Å². The van der Waals surface area contributed by atoms with E-state index in [0.29, 0.717) is 0 Å². The molecule has 3 aromatic rings. The van der Waals surface area contributed by atoms with Gasteiger partial charge in [0.05, 0.1) is 16.3 Å². The highest BCUT2D eigenvalue weighted by molar-refractivity contribution is 7.91. The maximum atomic E-state index is 12.4. The summed E-state index contributed by atoms with van der Waals surface area (Å²) in [6.07, 6.45) is 0.241. The molecule has 1 aliphatic rings. The van der Waals surface area contributed by atoms with Gasteiger partial charge in [-0.05, 0) is 36.6 Å². The zero-order chi connectivity index (χ0) is 21.8. The molecule has 6 nitrogen and oxygen atoms in total. The molecule has 0 spiro atoms. The summed E-state index contributed by atoms with van der Waals surface area (Å²) >= 11 is 0. The van der Waals surface area contributed by atoms with Crippen molar-refractivity contribution >= 4 is 26.4 Å². The molecule has 0 saturated carbocycles. The molecule has 1 N–H and O–H groups in total. The van der Waals surface area contributed by atoms with Crippen molar-refractivity contribution in [3.63, 3.8) is 0 Å². The molecule has 1 fully saturated rings. The van der Waals surface area contributed by atoms with E-state index >= 15 is 0 Å². The summed E-state index contributed by atoms with van der Waals surface area (Å²) in [5.41, 5.74) is 1.73. The minimum Gasteiger partial charge on any atom is -0.396 e. The van der Waals surface area contributed by atoms with Gasteiger partial charge in [0.25, 0.3) is 0 Å². The number of fused-ring (bicyclic) bond motifs is 1. The first kappa shape index (κ1) is 21.7. The number of benzene rings is 2. The largest absolute Gasteiger partial charge is 0.396 e. The molecule has 0 aliphatic carbocycles. The third-order valence-corrected chi connectivity index (χ3v) is 7.74. The van der Waals surface area contributed by atoms with Gasteiger partial charge in [-0.2, -0.15) is 0 Å². The number of hydrogen-bond donors (Lipinski definition) is 1. The molecule has 1 aromatic heterocycles. The lowest BCUT2D eigenvalue weighted by Crippen LogP contribution is -2.46. The zero-order valence-corrected chi connectivity index (χ0v) is 18.7. The van der Waals surface area contributed by atoms with Crippen molar-refractivity contribution in [2.45, 2.75) is 18.2 Å². The first-order valence-electron chi connectivity index (χ1n) is 10.8. The van der Waals surface area contributed by atoms with E-state index in [1.54, 1.807) is 12.1 Å². The third kappa shape index (κ3) is 4.74. The minimum absolute atomic E-state index is 0.0506. The molecule has 1 aliphatic heterocycles. The fourth-order valence-corrected chi connectivity index (χ4v) is 5.35. The van der Waals surface area contributed by atoms with Crippen LogP contribution in [-0.2, 0) is 9.84 Å². The van der Waals surface area contributed by atoms with Crippen LogP contribution >= 0.6 is 0 Å². The predicted octanol–water partition coefficient (Wildman–Crippen LogP) is 3.20. The van der Waals surface area contributed by atoms with Gasteiger partial charge in [-0.1, -0.05) is 43.3 Å². The van der Waals surface area contributed by atoms with Crippen molar-refractivity contribution < 1.29 is 13.5 Å². The highest BCUT2D eigenvalue weighted by atomic mass is 32.2. The average Bonchev–Trinajstić information content (AvgIpc) is 2.82. The van der Waals surface area contributed by atoms with Crippen LogP contribution < -0.4 is 4.90 Å². The Balaban J connectivity index is 1.68. The second kappa shape index (κ2) is 9.34. The van der Waals surface area contributed by atoms with E-state index in [-0.39, 0.29) is 23.7 Å². The molecular formula is C24H29N3O3S.